The van der Waals surface area contributed by atoms with E-state index < -0.39 is 0 Å². The Bertz CT molecular complexity index is 1130. The Morgan fingerprint density at radius 2 is 1.76 bits per heavy atom. The van der Waals surface area contributed by atoms with Crippen molar-refractivity contribution in [3.8, 4) is 0 Å². The topological polar surface area (TPSA) is 46.9 Å². The minimum atomic E-state index is -0.224. The van der Waals surface area contributed by atoms with Crippen LogP contribution in [0.3, 0.4) is 0 Å². The van der Waals surface area contributed by atoms with Crippen LogP contribution < -0.4 is 5.32 Å². The van der Waals surface area contributed by atoms with E-state index in [1.54, 1.807) is 0 Å². The third kappa shape index (κ3) is 4.06. The lowest BCUT2D eigenvalue weighted by Crippen LogP contribution is -2.32. The van der Waals surface area contributed by atoms with Crippen LogP contribution >= 0.6 is 0 Å². The van der Waals surface area contributed by atoms with Crippen LogP contribution in [0.15, 0.2) is 78.9 Å². The molecule has 0 bridgehead atoms. The molecule has 4 nitrogen and oxygen atoms in total. The smallest absolute Gasteiger partial charge is 0.251 e. The molecule has 0 fully saturated rings. The predicted octanol–water partition coefficient (Wildman–Crippen LogP) is 5.08. The molecule has 29 heavy (non-hydrogen) atoms. The van der Waals surface area contributed by atoms with Gasteiger partial charge in [-0.3, -0.25) is 4.79 Å². The van der Waals surface area contributed by atoms with E-state index >= 15 is 0 Å². The van der Waals surface area contributed by atoms with Crippen LogP contribution in [0.5, 0.6) is 0 Å². The number of nitrogens with zero attached hydrogens (tertiary/aromatic N) is 2. The summed E-state index contributed by atoms with van der Waals surface area (Å²) in [4.78, 5) is 17.9. The average Bonchev–Trinajstić information content (AvgIpc) is 3.12. The molecule has 0 aliphatic rings. The van der Waals surface area contributed by atoms with Gasteiger partial charge in [0.1, 0.15) is 5.82 Å². The Balaban J connectivity index is 1.73. The molecule has 1 amide bonds. The van der Waals surface area contributed by atoms with Gasteiger partial charge >= 0.3 is 0 Å². The molecule has 0 aliphatic heterocycles. The molecule has 1 aromatic heterocycles. The van der Waals surface area contributed by atoms with Gasteiger partial charge in [-0.1, -0.05) is 60.2 Å². The molecule has 1 N–H and O–H groups in total. The molecule has 1 atom stereocenters. The van der Waals surface area contributed by atoms with Gasteiger partial charge < -0.3 is 9.88 Å². The Kier molecular flexibility index (Phi) is 5.43. The van der Waals surface area contributed by atoms with E-state index in [0.29, 0.717) is 12.0 Å². The van der Waals surface area contributed by atoms with Crippen LogP contribution in [0.2, 0.25) is 0 Å². The first kappa shape index (κ1) is 18.9. The van der Waals surface area contributed by atoms with Crippen LogP contribution in [0.4, 0.5) is 0 Å². The molecular weight excluding hydrogens is 358 g/mol. The second-order valence-electron chi connectivity index (χ2n) is 7.29. The molecule has 1 heterocycles. The van der Waals surface area contributed by atoms with Crippen LogP contribution in [0.25, 0.3) is 11.0 Å². The summed E-state index contributed by atoms with van der Waals surface area (Å²) in [5.74, 6) is 0.808. The highest BCUT2D eigenvalue weighted by Crippen LogP contribution is 2.24. The molecule has 0 aliphatic carbocycles. The number of carbonyl (C=O) groups is 1. The van der Waals surface area contributed by atoms with Crippen molar-refractivity contribution < 1.29 is 4.79 Å². The molecule has 4 aromatic rings. The fourth-order valence-corrected chi connectivity index (χ4v) is 3.78. The number of imidazole rings is 1. The van der Waals surface area contributed by atoms with Crippen molar-refractivity contribution in [1.82, 2.24) is 14.9 Å². The summed E-state index contributed by atoms with van der Waals surface area (Å²) in [6, 6.07) is 25.8. The number of nitrogens with one attached hydrogen (secondary N) is 1. The molecule has 0 saturated heterocycles. The number of rotatable bonds is 6. The Morgan fingerprint density at radius 1 is 1.00 bits per heavy atom. The summed E-state index contributed by atoms with van der Waals surface area (Å²) in [7, 11) is 0. The lowest BCUT2D eigenvalue weighted by molar-refractivity contribution is 0.0934. The quantitative estimate of drug-likeness (QED) is 0.505. The minimum Gasteiger partial charge on any atom is -0.342 e. The van der Waals surface area contributed by atoms with Gasteiger partial charge in [-0.15, -0.1) is 0 Å². The summed E-state index contributed by atoms with van der Waals surface area (Å²) in [6.07, 6.45) is 0.682. The fraction of sp³-hybridized carbons (Fsp3) is 0.200. The number of benzene rings is 3. The Morgan fingerprint density at radius 3 is 2.52 bits per heavy atom. The van der Waals surface area contributed by atoms with E-state index in [4.69, 9.17) is 4.98 Å². The normalized spacial score (nSPS) is 12.1. The third-order valence-electron chi connectivity index (χ3n) is 5.18. The van der Waals surface area contributed by atoms with Crippen LogP contribution in [0, 0.1) is 6.92 Å². The zero-order valence-electron chi connectivity index (χ0n) is 16.8. The van der Waals surface area contributed by atoms with E-state index in [9.17, 15) is 4.79 Å². The predicted molar refractivity (Wildman–Crippen MR) is 117 cm³/mol. The maximum Gasteiger partial charge on any atom is 0.251 e. The van der Waals surface area contributed by atoms with Gasteiger partial charge in [-0.25, -0.2) is 4.98 Å². The van der Waals surface area contributed by atoms with Gasteiger partial charge in [0.2, 0.25) is 0 Å². The highest BCUT2D eigenvalue weighted by Gasteiger charge is 2.22. The average molecular weight is 383 g/mol. The van der Waals surface area contributed by atoms with Gasteiger partial charge in [0.15, 0.2) is 0 Å². The van der Waals surface area contributed by atoms with E-state index in [1.807, 2.05) is 67.6 Å². The molecule has 146 valence electrons. The van der Waals surface area contributed by atoms with Crippen molar-refractivity contribution in [1.29, 1.82) is 0 Å². The number of aryl methyl sites for hydroxylation is 2. The SMILES string of the molecule is CCn1c([C@@H](Cc2ccccc2)NC(=O)c2cccc(C)c2)nc2ccccc21. The van der Waals surface area contributed by atoms with Crippen molar-refractivity contribution >= 4 is 16.9 Å². The number of aromatic nitrogens is 2. The zero-order valence-corrected chi connectivity index (χ0v) is 16.8. The van der Waals surface area contributed by atoms with Gasteiger partial charge in [0.25, 0.3) is 5.91 Å². The molecule has 3 aromatic carbocycles. The number of fused-ring (bicyclic) bond motifs is 1. The highest BCUT2D eigenvalue weighted by atomic mass is 16.1. The molecule has 0 radical (unpaired) electrons. The van der Waals surface area contributed by atoms with E-state index in [1.165, 1.54) is 0 Å². The molecule has 0 unspecified atom stereocenters. The first-order valence-corrected chi connectivity index (χ1v) is 10.0. The van der Waals surface area contributed by atoms with Crippen molar-refractivity contribution in [3.63, 3.8) is 0 Å². The first-order valence-electron chi connectivity index (χ1n) is 10.0. The summed E-state index contributed by atoms with van der Waals surface area (Å²) >= 11 is 0. The number of para-hydroxylation sites is 2. The van der Waals surface area contributed by atoms with Gasteiger partial charge in [0, 0.05) is 12.1 Å². The van der Waals surface area contributed by atoms with Crippen LogP contribution in [-0.4, -0.2) is 15.5 Å². The van der Waals surface area contributed by atoms with Gasteiger partial charge in [-0.05, 0) is 50.1 Å². The molecule has 4 rings (SSSR count). The largest absolute Gasteiger partial charge is 0.342 e. The zero-order chi connectivity index (χ0) is 20.2. The van der Waals surface area contributed by atoms with E-state index in [0.717, 1.165) is 34.5 Å². The molecule has 0 spiro atoms. The minimum absolute atomic E-state index is 0.0793. The van der Waals surface area contributed by atoms with Crippen molar-refractivity contribution in [2.75, 3.05) is 0 Å². The molecule has 4 heteroatoms. The number of hydrogen-bond donors (Lipinski definition) is 1. The highest BCUT2D eigenvalue weighted by molar-refractivity contribution is 5.94. The number of amides is 1. The third-order valence-corrected chi connectivity index (χ3v) is 5.18. The Labute approximate surface area is 171 Å². The van der Waals surface area contributed by atoms with Gasteiger partial charge in [-0.2, -0.15) is 0 Å². The maximum absolute atomic E-state index is 13.0. The molecule has 0 saturated carbocycles. The second kappa shape index (κ2) is 8.31. The monoisotopic (exact) mass is 383 g/mol. The standard InChI is InChI=1S/C25H25N3O/c1-3-28-23-15-8-7-14-21(23)26-24(28)22(17-19-11-5-4-6-12-19)27-25(29)20-13-9-10-18(2)16-20/h4-16,22H,3,17H2,1-2H3,(H,27,29)/t22-/m1/s1. The van der Waals surface area contributed by atoms with E-state index in [-0.39, 0.29) is 11.9 Å². The summed E-state index contributed by atoms with van der Waals surface area (Å²) in [5, 5.41) is 3.24. The number of carbonyl (C=O) groups excluding carboxylic acids is 1. The summed E-state index contributed by atoms with van der Waals surface area (Å²) < 4.78 is 2.19. The van der Waals surface area contributed by atoms with E-state index in [2.05, 4.69) is 35.0 Å². The molecular formula is C25H25N3O. The van der Waals surface area contributed by atoms with Crippen molar-refractivity contribution in [2.24, 2.45) is 0 Å². The lowest BCUT2D eigenvalue weighted by atomic mass is 10.0. The summed E-state index contributed by atoms with van der Waals surface area (Å²) in [5.41, 5.74) is 4.94. The van der Waals surface area contributed by atoms with Crippen LogP contribution in [0.1, 0.15) is 40.3 Å². The van der Waals surface area contributed by atoms with Gasteiger partial charge in [0.05, 0.1) is 17.1 Å². The van der Waals surface area contributed by atoms with Crippen LogP contribution in [-0.2, 0) is 13.0 Å². The Hall–Kier alpha value is -3.40. The summed E-state index contributed by atoms with van der Waals surface area (Å²) in [6.45, 7) is 4.90. The maximum atomic E-state index is 13.0. The van der Waals surface area contributed by atoms with Crippen molar-refractivity contribution in [3.05, 3.63) is 101 Å². The second-order valence-corrected chi connectivity index (χ2v) is 7.29. The lowest BCUT2D eigenvalue weighted by Gasteiger charge is -2.20. The fourth-order valence-electron chi connectivity index (χ4n) is 3.78. The van der Waals surface area contributed by atoms with Crippen molar-refractivity contribution in [2.45, 2.75) is 32.9 Å². The number of hydrogen-bond acceptors (Lipinski definition) is 2. The first-order chi connectivity index (χ1) is 14.2.